The number of piperidine rings is 1. The van der Waals surface area contributed by atoms with Gasteiger partial charge in [-0.2, -0.15) is 0 Å². The summed E-state index contributed by atoms with van der Waals surface area (Å²) in [5.41, 5.74) is 2.77. The first kappa shape index (κ1) is 26.9. The lowest BCUT2D eigenvalue weighted by molar-refractivity contribution is -0.127. The number of rotatable bonds is 7. The summed E-state index contributed by atoms with van der Waals surface area (Å²) >= 11 is 0. The number of carbonyl (C=O) groups excluding carboxylic acids is 1. The van der Waals surface area contributed by atoms with Gasteiger partial charge in [0, 0.05) is 52.9 Å². The van der Waals surface area contributed by atoms with Crippen LogP contribution in [0.2, 0.25) is 0 Å². The predicted molar refractivity (Wildman–Crippen MR) is 141 cm³/mol. The number of nitrogens with zero attached hydrogens (tertiary/aromatic N) is 3. The molecule has 0 saturated carbocycles. The molecule has 2 saturated heterocycles. The number of nitrogens with one attached hydrogen (secondary N) is 2. The number of ether oxygens (including phenoxy) is 1. The van der Waals surface area contributed by atoms with Crippen LogP contribution in [0.1, 0.15) is 43.2 Å². The molecule has 2 N–H and O–H groups in total. The van der Waals surface area contributed by atoms with Gasteiger partial charge in [-0.25, -0.2) is 4.99 Å². The zero-order chi connectivity index (χ0) is 22.1. The monoisotopic (exact) mass is 557 g/mol. The van der Waals surface area contributed by atoms with Crippen molar-refractivity contribution < 1.29 is 9.53 Å². The molecule has 0 aliphatic carbocycles. The van der Waals surface area contributed by atoms with Gasteiger partial charge in [-0.3, -0.25) is 9.69 Å². The van der Waals surface area contributed by atoms with Crippen LogP contribution in [0.3, 0.4) is 0 Å². The van der Waals surface area contributed by atoms with Crippen LogP contribution in [0.15, 0.2) is 29.3 Å². The summed E-state index contributed by atoms with van der Waals surface area (Å²) in [5.74, 6) is 0.727. The molecule has 1 aromatic rings. The van der Waals surface area contributed by atoms with Crippen molar-refractivity contribution in [3.05, 3.63) is 35.4 Å². The number of hydrogen-bond acceptors (Lipinski definition) is 4. The Hall–Kier alpha value is -1.39. The predicted octanol–water partition coefficient (Wildman–Crippen LogP) is 2.77. The number of hydrogen-bond donors (Lipinski definition) is 2. The zero-order valence-corrected chi connectivity index (χ0v) is 22.1. The Kier molecular flexibility index (Phi) is 11.7. The molecule has 2 aliphatic heterocycles. The average molecular weight is 558 g/mol. The van der Waals surface area contributed by atoms with Crippen molar-refractivity contribution in [2.45, 2.75) is 57.7 Å². The lowest BCUT2D eigenvalue weighted by Gasteiger charge is -2.33. The highest BCUT2D eigenvalue weighted by molar-refractivity contribution is 14.0. The summed E-state index contributed by atoms with van der Waals surface area (Å²) in [7, 11) is 3.52. The van der Waals surface area contributed by atoms with Gasteiger partial charge < -0.3 is 20.3 Å². The van der Waals surface area contributed by atoms with Crippen LogP contribution in [-0.4, -0.2) is 80.7 Å². The number of amides is 1. The summed E-state index contributed by atoms with van der Waals surface area (Å²) in [6, 6.07) is 8.99. The Labute approximate surface area is 210 Å². The summed E-state index contributed by atoms with van der Waals surface area (Å²) < 4.78 is 5.84. The Bertz CT molecular complexity index is 729. The number of likely N-dealkylation sites (tertiary alicyclic amines) is 1. The van der Waals surface area contributed by atoms with Crippen LogP contribution in [-0.2, 0) is 16.1 Å². The molecule has 8 heteroatoms. The molecule has 0 radical (unpaired) electrons. The van der Waals surface area contributed by atoms with Gasteiger partial charge in [0.2, 0.25) is 5.91 Å². The summed E-state index contributed by atoms with van der Waals surface area (Å²) in [5, 5.41) is 6.99. The van der Waals surface area contributed by atoms with E-state index in [0.29, 0.717) is 6.04 Å². The minimum absolute atomic E-state index is 0. The Morgan fingerprint density at radius 3 is 2.59 bits per heavy atom. The maximum Gasteiger partial charge on any atom is 0.243 e. The second-order valence-electron chi connectivity index (χ2n) is 8.94. The van der Waals surface area contributed by atoms with E-state index in [1.807, 2.05) is 0 Å². The van der Waals surface area contributed by atoms with Crippen LogP contribution in [0.25, 0.3) is 0 Å². The third-order valence-electron chi connectivity index (χ3n) is 6.23. The number of aliphatic imine (C=N–C) groups is 1. The molecule has 2 aliphatic rings. The van der Waals surface area contributed by atoms with Crippen molar-refractivity contribution in [2.75, 3.05) is 46.9 Å². The van der Waals surface area contributed by atoms with Gasteiger partial charge in [-0.15, -0.1) is 24.0 Å². The first-order chi connectivity index (χ1) is 15.0. The van der Waals surface area contributed by atoms with E-state index in [2.05, 4.69) is 51.7 Å². The molecule has 1 unspecified atom stereocenters. The number of likely N-dealkylation sites (N-methyl/N-ethyl adjacent to an activating group) is 1. The van der Waals surface area contributed by atoms with E-state index in [0.717, 1.165) is 64.4 Å². The fraction of sp³-hybridized carbons (Fsp3) is 0.667. The largest absolute Gasteiger partial charge is 0.376 e. The van der Waals surface area contributed by atoms with Crippen molar-refractivity contribution >= 4 is 35.8 Å². The highest BCUT2D eigenvalue weighted by Crippen LogP contribution is 2.16. The van der Waals surface area contributed by atoms with E-state index >= 15 is 0 Å². The van der Waals surface area contributed by atoms with Gasteiger partial charge in [0.15, 0.2) is 5.96 Å². The minimum atomic E-state index is 0. The molecule has 3 rings (SSSR count). The van der Waals surface area contributed by atoms with Crippen LogP contribution in [0, 0.1) is 6.92 Å². The normalized spacial score (nSPS) is 20.3. The minimum Gasteiger partial charge on any atom is -0.376 e. The molecule has 0 aromatic heterocycles. The molecule has 2 fully saturated rings. The Morgan fingerprint density at radius 2 is 1.94 bits per heavy atom. The van der Waals surface area contributed by atoms with E-state index in [9.17, 15) is 4.79 Å². The van der Waals surface area contributed by atoms with Crippen molar-refractivity contribution in [2.24, 2.45) is 4.99 Å². The lowest BCUT2D eigenvalue weighted by Crippen LogP contribution is -2.50. The molecule has 1 amide bonds. The van der Waals surface area contributed by atoms with E-state index in [1.165, 1.54) is 17.5 Å². The molecule has 1 aromatic carbocycles. The molecule has 2 heterocycles. The first-order valence-electron chi connectivity index (χ1n) is 11.6. The van der Waals surface area contributed by atoms with Crippen molar-refractivity contribution in [1.29, 1.82) is 0 Å². The van der Waals surface area contributed by atoms with E-state index in [-0.39, 0.29) is 42.5 Å². The third kappa shape index (κ3) is 8.86. The van der Waals surface area contributed by atoms with Crippen molar-refractivity contribution in [3.63, 3.8) is 0 Å². The molecule has 1 atom stereocenters. The molecular formula is C24H40IN5O2. The quantitative estimate of drug-likeness (QED) is 0.307. The first-order valence-corrected chi connectivity index (χ1v) is 11.6. The van der Waals surface area contributed by atoms with Crippen molar-refractivity contribution in [3.8, 4) is 0 Å². The molecule has 32 heavy (non-hydrogen) atoms. The molecular weight excluding hydrogens is 517 g/mol. The second-order valence-corrected chi connectivity index (χ2v) is 8.94. The molecule has 7 nitrogen and oxygen atoms in total. The van der Waals surface area contributed by atoms with Crippen LogP contribution >= 0.6 is 24.0 Å². The zero-order valence-electron chi connectivity index (χ0n) is 19.8. The van der Waals surface area contributed by atoms with E-state index < -0.39 is 0 Å². The lowest BCUT2D eigenvalue weighted by atomic mass is 10.0. The fourth-order valence-electron chi connectivity index (χ4n) is 4.08. The van der Waals surface area contributed by atoms with Gasteiger partial charge in [0.05, 0.1) is 6.10 Å². The topological polar surface area (TPSA) is 69.2 Å². The number of aryl methyl sites for hydroxylation is 1. The van der Waals surface area contributed by atoms with Gasteiger partial charge >= 0.3 is 0 Å². The Morgan fingerprint density at radius 1 is 1.19 bits per heavy atom. The maximum absolute atomic E-state index is 12.0. The number of guanidine groups is 1. The molecule has 0 bridgehead atoms. The summed E-state index contributed by atoms with van der Waals surface area (Å²) in [4.78, 5) is 20.7. The highest BCUT2D eigenvalue weighted by Gasteiger charge is 2.21. The summed E-state index contributed by atoms with van der Waals surface area (Å²) in [6.07, 6.45) is 5.79. The van der Waals surface area contributed by atoms with E-state index in [4.69, 9.17) is 4.74 Å². The molecule has 0 spiro atoms. The number of carbonyl (C=O) groups is 1. The fourth-order valence-corrected chi connectivity index (χ4v) is 4.08. The average Bonchev–Trinajstić information content (AvgIpc) is 2.78. The highest BCUT2D eigenvalue weighted by atomic mass is 127. The van der Waals surface area contributed by atoms with Gasteiger partial charge in [0.25, 0.3) is 0 Å². The number of benzene rings is 1. The SMILES string of the molecule is Cc1ccccc1CN1CCC(NC(=NCC(=O)N(C)C)NCC2CCCCO2)CC1.I. The van der Waals surface area contributed by atoms with Crippen molar-refractivity contribution in [1.82, 2.24) is 20.4 Å². The second kappa shape index (κ2) is 14.0. The van der Waals surface area contributed by atoms with Crippen LogP contribution < -0.4 is 10.6 Å². The Balaban J connectivity index is 0.00000363. The maximum atomic E-state index is 12.0. The standard InChI is InChI=1S/C24H39N5O2.HI/c1-19-8-4-5-9-20(19)18-29-13-11-21(12-14-29)27-24(26-17-23(30)28(2)3)25-16-22-10-6-7-15-31-22;/h4-5,8-9,21-22H,6-7,10-18H2,1-3H3,(H2,25,26,27);1H. The van der Waals surface area contributed by atoms with Crippen LogP contribution in [0.4, 0.5) is 0 Å². The van der Waals surface area contributed by atoms with Gasteiger partial charge in [-0.05, 0) is 50.2 Å². The van der Waals surface area contributed by atoms with Gasteiger partial charge in [0.1, 0.15) is 6.54 Å². The molecule has 180 valence electrons. The summed E-state index contributed by atoms with van der Waals surface area (Å²) in [6.45, 7) is 7.03. The van der Waals surface area contributed by atoms with Crippen LogP contribution in [0.5, 0.6) is 0 Å². The smallest absolute Gasteiger partial charge is 0.243 e. The third-order valence-corrected chi connectivity index (χ3v) is 6.23. The number of halogens is 1. The van der Waals surface area contributed by atoms with Gasteiger partial charge in [-0.1, -0.05) is 24.3 Å². The van der Waals surface area contributed by atoms with E-state index in [1.54, 1.807) is 19.0 Å².